The Hall–Kier alpha value is -3.06. The number of ether oxygens (including phenoxy) is 2. The van der Waals surface area contributed by atoms with E-state index in [9.17, 15) is 14.7 Å². The summed E-state index contributed by atoms with van der Waals surface area (Å²) in [6.07, 6.45) is 1.34. The maximum Gasteiger partial charge on any atom is 0.277 e. The highest BCUT2D eigenvalue weighted by Crippen LogP contribution is 2.16. The Bertz CT molecular complexity index is 762. The van der Waals surface area contributed by atoms with Crippen LogP contribution in [0, 0.1) is 0 Å². The molecule has 2 rings (SSSR count). The number of benzene rings is 2. The van der Waals surface area contributed by atoms with Crippen LogP contribution in [0.4, 0.5) is 0 Å². The second-order valence-corrected chi connectivity index (χ2v) is 5.17. The molecule has 0 unspecified atom stereocenters. The SMILES string of the molecule is O=C([O-])COc1ccccc1/C=N\NC(=O)COc1ccc(Cl)cc1. The Morgan fingerprint density at radius 3 is 2.52 bits per heavy atom. The smallest absolute Gasteiger partial charge is 0.277 e. The van der Waals surface area contributed by atoms with E-state index < -0.39 is 18.5 Å². The number of hydrazone groups is 1. The molecule has 0 spiro atoms. The van der Waals surface area contributed by atoms with Crippen LogP contribution < -0.4 is 20.0 Å². The summed E-state index contributed by atoms with van der Waals surface area (Å²) in [6, 6.07) is 13.2. The molecular formula is C17H14ClN2O5-. The summed E-state index contributed by atoms with van der Waals surface area (Å²) < 4.78 is 10.3. The van der Waals surface area contributed by atoms with Crippen LogP contribution in [0.25, 0.3) is 0 Å². The number of amides is 1. The summed E-state index contributed by atoms with van der Waals surface area (Å²) in [5.74, 6) is -0.981. The second kappa shape index (κ2) is 9.29. The summed E-state index contributed by atoms with van der Waals surface area (Å²) in [7, 11) is 0. The van der Waals surface area contributed by atoms with Gasteiger partial charge < -0.3 is 19.4 Å². The molecule has 0 radical (unpaired) electrons. The molecule has 0 atom stereocenters. The van der Waals surface area contributed by atoms with Crippen LogP contribution in [0.5, 0.6) is 11.5 Å². The van der Waals surface area contributed by atoms with Crippen molar-refractivity contribution in [2.45, 2.75) is 0 Å². The molecule has 1 amide bonds. The fourth-order valence-corrected chi connectivity index (χ4v) is 1.87. The number of para-hydroxylation sites is 1. The number of aliphatic carboxylic acids is 1. The van der Waals surface area contributed by atoms with Gasteiger partial charge in [0.05, 0.1) is 12.2 Å². The van der Waals surface area contributed by atoms with Crippen molar-refractivity contribution in [1.29, 1.82) is 0 Å². The van der Waals surface area contributed by atoms with E-state index in [1.807, 2.05) is 0 Å². The van der Waals surface area contributed by atoms with Crippen molar-refractivity contribution < 1.29 is 24.2 Å². The number of rotatable bonds is 8. The van der Waals surface area contributed by atoms with Crippen LogP contribution in [0.2, 0.25) is 5.02 Å². The Morgan fingerprint density at radius 2 is 1.80 bits per heavy atom. The van der Waals surface area contributed by atoms with Gasteiger partial charge in [-0.05, 0) is 36.4 Å². The average molecular weight is 362 g/mol. The lowest BCUT2D eigenvalue weighted by atomic mass is 10.2. The Morgan fingerprint density at radius 1 is 1.08 bits per heavy atom. The number of halogens is 1. The van der Waals surface area contributed by atoms with Gasteiger partial charge in [0.2, 0.25) is 0 Å². The quantitative estimate of drug-likeness (QED) is 0.558. The zero-order chi connectivity index (χ0) is 18.1. The Labute approximate surface area is 148 Å². The van der Waals surface area contributed by atoms with Crippen LogP contribution >= 0.6 is 11.6 Å². The fraction of sp³-hybridized carbons (Fsp3) is 0.118. The van der Waals surface area contributed by atoms with Gasteiger partial charge >= 0.3 is 0 Å². The van der Waals surface area contributed by atoms with Gasteiger partial charge in [0, 0.05) is 10.6 Å². The highest BCUT2D eigenvalue weighted by molar-refractivity contribution is 6.30. The number of nitrogens with one attached hydrogen (secondary N) is 1. The summed E-state index contributed by atoms with van der Waals surface area (Å²) in [5.41, 5.74) is 2.80. The molecule has 0 aliphatic heterocycles. The highest BCUT2D eigenvalue weighted by Gasteiger charge is 2.03. The maximum absolute atomic E-state index is 11.7. The number of carbonyl (C=O) groups excluding carboxylic acids is 2. The van der Waals surface area contributed by atoms with Gasteiger partial charge in [-0.15, -0.1) is 0 Å². The average Bonchev–Trinajstić information content (AvgIpc) is 2.60. The van der Waals surface area contributed by atoms with E-state index in [2.05, 4.69) is 10.5 Å². The first kappa shape index (κ1) is 18.3. The van der Waals surface area contributed by atoms with E-state index in [4.69, 9.17) is 21.1 Å². The number of hydrogen-bond donors (Lipinski definition) is 1. The second-order valence-electron chi connectivity index (χ2n) is 4.73. The van der Waals surface area contributed by atoms with Gasteiger partial charge in [0.15, 0.2) is 6.61 Å². The summed E-state index contributed by atoms with van der Waals surface area (Å²) in [4.78, 5) is 22.1. The molecule has 7 nitrogen and oxygen atoms in total. The third kappa shape index (κ3) is 6.52. The highest BCUT2D eigenvalue weighted by atomic mass is 35.5. The van der Waals surface area contributed by atoms with Gasteiger partial charge in [-0.25, -0.2) is 5.43 Å². The minimum absolute atomic E-state index is 0.220. The number of carboxylic acids is 1. The molecule has 0 bridgehead atoms. The molecule has 8 heteroatoms. The van der Waals surface area contributed by atoms with Gasteiger partial charge in [0.1, 0.15) is 18.1 Å². The van der Waals surface area contributed by atoms with E-state index >= 15 is 0 Å². The van der Waals surface area contributed by atoms with Crippen molar-refractivity contribution in [2.24, 2.45) is 5.10 Å². The van der Waals surface area contributed by atoms with Crippen LogP contribution in [0.1, 0.15) is 5.56 Å². The molecule has 0 saturated carbocycles. The van der Waals surface area contributed by atoms with E-state index in [0.717, 1.165) is 0 Å². The minimum Gasteiger partial charge on any atom is -0.546 e. The molecule has 1 N–H and O–H groups in total. The topological polar surface area (TPSA) is 100 Å². The molecule has 0 aliphatic rings. The van der Waals surface area contributed by atoms with Crippen LogP contribution in [0.15, 0.2) is 53.6 Å². The van der Waals surface area contributed by atoms with Gasteiger partial charge in [-0.1, -0.05) is 23.7 Å². The van der Waals surface area contributed by atoms with Gasteiger partial charge in [-0.3, -0.25) is 4.79 Å². The first-order valence-corrected chi connectivity index (χ1v) is 7.54. The predicted molar refractivity (Wildman–Crippen MR) is 89.6 cm³/mol. The maximum atomic E-state index is 11.7. The molecule has 0 fully saturated rings. The molecule has 0 saturated heterocycles. The monoisotopic (exact) mass is 361 g/mol. The van der Waals surface area contributed by atoms with Crippen LogP contribution in [-0.4, -0.2) is 31.3 Å². The molecule has 2 aromatic rings. The minimum atomic E-state index is -1.33. The standard InChI is InChI=1S/C17H15ClN2O5/c18-13-5-7-14(8-6-13)24-10-16(21)20-19-9-12-3-1-2-4-15(12)25-11-17(22)23/h1-9H,10-11H2,(H,20,21)(H,22,23)/p-1/b19-9-. The molecule has 0 aromatic heterocycles. The lowest BCUT2D eigenvalue weighted by Gasteiger charge is -2.09. The van der Waals surface area contributed by atoms with E-state index in [0.29, 0.717) is 22.1 Å². The number of hydrogen-bond acceptors (Lipinski definition) is 6. The summed E-state index contributed by atoms with van der Waals surface area (Å²) >= 11 is 5.75. The predicted octanol–water partition coefficient (Wildman–Crippen LogP) is 0.998. The van der Waals surface area contributed by atoms with Crippen LogP contribution in [0.3, 0.4) is 0 Å². The Kier molecular flexibility index (Phi) is 6.79. The van der Waals surface area contributed by atoms with Crippen molar-refractivity contribution in [2.75, 3.05) is 13.2 Å². The first-order valence-electron chi connectivity index (χ1n) is 7.16. The zero-order valence-corrected chi connectivity index (χ0v) is 13.7. The lowest BCUT2D eigenvalue weighted by molar-refractivity contribution is -0.307. The van der Waals surface area contributed by atoms with Crippen molar-refractivity contribution in [3.8, 4) is 11.5 Å². The zero-order valence-electron chi connectivity index (χ0n) is 13.0. The molecule has 2 aromatic carbocycles. The van der Waals surface area contributed by atoms with E-state index in [-0.39, 0.29) is 6.61 Å². The van der Waals surface area contributed by atoms with Gasteiger partial charge in [0.25, 0.3) is 5.91 Å². The Balaban J connectivity index is 1.84. The van der Waals surface area contributed by atoms with Crippen LogP contribution in [-0.2, 0) is 9.59 Å². The number of carbonyl (C=O) groups is 2. The third-order valence-electron chi connectivity index (χ3n) is 2.84. The summed E-state index contributed by atoms with van der Waals surface area (Å²) in [6.45, 7) is -0.798. The van der Waals surface area contributed by atoms with Crippen molar-refractivity contribution in [3.63, 3.8) is 0 Å². The molecular weight excluding hydrogens is 348 g/mol. The third-order valence-corrected chi connectivity index (χ3v) is 3.09. The van der Waals surface area contributed by atoms with Gasteiger partial charge in [-0.2, -0.15) is 5.10 Å². The van der Waals surface area contributed by atoms with E-state index in [1.54, 1.807) is 48.5 Å². The molecule has 0 aliphatic carbocycles. The fourth-order valence-electron chi connectivity index (χ4n) is 1.74. The number of nitrogens with zero attached hydrogens (tertiary/aromatic N) is 1. The van der Waals surface area contributed by atoms with Crippen molar-refractivity contribution >= 4 is 29.7 Å². The normalized spacial score (nSPS) is 10.4. The lowest BCUT2D eigenvalue weighted by Crippen LogP contribution is -2.29. The molecule has 25 heavy (non-hydrogen) atoms. The largest absolute Gasteiger partial charge is 0.546 e. The first-order chi connectivity index (χ1) is 12.0. The van der Waals surface area contributed by atoms with Crippen molar-refractivity contribution in [3.05, 3.63) is 59.1 Å². The number of carboxylic acid groups (broad SMARTS) is 1. The molecule has 130 valence electrons. The molecule has 0 heterocycles. The summed E-state index contributed by atoms with van der Waals surface area (Å²) in [5, 5.41) is 14.8. The van der Waals surface area contributed by atoms with Crippen molar-refractivity contribution in [1.82, 2.24) is 5.43 Å². The van der Waals surface area contributed by atoms with E-state index in [1.165, 1.54) is 6.21 Å².